The van der Waals surface area contributed by atoms with E-state index in [1.165, 1.54) is 6.07 Å². The van der Waals surface area contributed by atoms with Gasteiger partial charge in [-0.25, -0.2) is 0 Å². The summed E-state index contributed by atoms with van der Waals surface area (Å²) in [7, 11) is -4.55. The number of ether oxygens (including phenoxy) is 2. The number of rotatable bonds is 9. The van der Waals surface area contributed by atoms with Gasteiger partial charge in [0.1, 0.15) is 6.10 Å². The maximum atomic E-state index is 11.6. The molecule has 0 saturated carbocycles. The summed E-state index contributed by atoms with van der Waals surface area (Å²) >= 11 is 0. The fraction of sp³-hybridized carbons (Fsp3) is 0.455. The summed E-state index contributed by atoms with van der Waals surface area (Å²) in [6.07, 6.45) is 2.10. The Morgan fingerprint density at radius 3 is 2.52 bits per heavy atom. The molecule has 0 bridgehead atoms. The van der Waals surface area contributed by atoms with Gasteiger partial charge in [0, 0.05) is 18.7 Å². The summed E-state index contributed by atoms with van der Waals surface area (Å²) in [5.41, 5.74) is 1.39. The van der Waals surface area contributed by atoms with Crippen molar-refractivity contribution in [1.29, 1.82) is 0 Å². The van der Waals surface area contributed by atoms with Crippen molar-refractivity contribution in [1.82, 2.24) is 0 Å². The number of hydrogen-bond acceptors (Lipinski definition) is 8. The molecule has 2 aromatic rings. The van der Waals surface area contributed by atoms with Crippen molar-refractivity contribution >= 4 is 15.8 Å². The normalized spacial score (nSPS) is 18.5. The lowest BCUT2D eigenvalue weighted by atomic mass is 9.87. The van der Waals surface area contributed by atoms with Crippen LogP contribution in [0, 0.1) is 10.1 Å². The third-order valence-corrected chi connectivity index (χ3v) is 6.66. The van der Waals surface area contributed by atoms with Crippen LogP contribution in [0.15, 0.2) is 35.2 Å². The second-order valence-corrected chi connectivity index (χ2v) is 9.34. The summed E-state index contributed by atoms with van der Waals surface area (Å²) in [6.45, 7) is 2.64. The first-order valence-corrected chi connectivity index (χ1v) is 12.1. The first-order valence-electron chi connectivity index (χ1n) is 10.6. The zero-order valence-corrected chi connectivity index (χ0v) is 19.0. The predicted molar refractivity (Wildman–Crippen MR) is 118 cm³/mol. The molecule has 2 unspecified atom stereocenters. The lowest BCUT2D eigenvalue weighted by Gasteiger charge is -2.21. The van der Waals surface area contributed by atoms with Gasteiger partial charge in [-0.3, -0.25) is 14.7 Å². The van der Waals surface area contributed by atoms with Crippen LogP contribution in [-0.2, 0) is 26.0 Å². The van der Waals surface area contributed by atoms with Crippen molar-refractivity contribution < 1.29 is 37.6 Å². The van der Waals surface area contributed by atoms with Crippen LogP contribution in [0.25, 0.3) is 0 Å². The highest BCUT2D eigenvalue weighted by molar-refractivity contribution is 7.85. The maximum Gasteiger partial charge on any atom is 0.294 e. The van der Waals surface area contributed by atoms with Gasteiger partial charge in [0.2, 0.25) is 0 Å². The Morgan fingerprint density at radius 2 is 1.88 bits per heavy atom. The van der Waals surface area contributed by atoms with Gasteiger partial charge in [-0.2, -0.15) is 8.42 Å². The minimum absolute atomic E-state index is 0.00959. The first-order chi connectivity index (χ1) is 15.6. The number of phenolic OH excluding ortho intramolecular Hbond substituents is 2. The number of nitro benzene ring substituents is 1. The molecule has 0 aromatic heterocycles. The van der Waals surface area contributed by atoms with Crippen LogP contribution in [0.2, 0.25) is 0 Å². The van der Waals surface area contributed by atoms with Crippen molar-refractivity contribution in [2.45, 2.75) is 49.5 Å². The number of aromatic hydroxyl groups is 2. The van der Waals surface area contributed by atoms with Gasteiger partial charge in [0.05, 0.1) is 23.0 Å². The molecule has 0 radical (unpaired) electrons. The maximum absolute atomic E-state index is 11.6. The highest BCUT2D eigenvalue weighted by Crippen LogP contribution is 2.41. The number of benzene rings is 2. The number of nitro groups is 1. The average molecular weight is 482 g/mol. The molecule has 2 aromatic carbocycles. The van der Waals surface area contributed by atoms with Gasteiger partial charge >= 0.3 is 0 Å². The molecule has 2 atom stereocenters. The average Bonchev–Trinajstić information content (AvgIpc) is 2.90. The van der Waals surface area contributed by atoms with Crippen LogP contribution in [0.1, 0.15) is 54.9 Å². The molecule has 0 spiro atoms. The van der Waals surface area contributed by atoms with Gasteiger partial charge in [0.25, 0.3) is 15.8 Å². The van der Waals surface area contributed by atoms with E-state index in [2.05, 4.69) is 6.92 Å². The summed E-state index contributed by atoms with van der Waals surface area (Å²) in [4.78, 5) is 9.98. The van der Waals surface area contributed by atoms with Crippen molar-refractivity contribution in [3.8, 4) is 11.5 Å². The van der Waals surface area contributed by atoms with E-state index < -0.39 is 26.0 Å². The Kier molecular flexibility index (Phi) is 7.90. The van der Waals surface area contributed by atoms with Gasteiger partial charge in [-0.15, -0.1) is 0 Å². The molecule has 0 fully saturated rings. The molecule has 3 rings (SSSR count). The van der Waals surface area contributed by atoms with Gasteiger partial charge in [0.15, 0.2) is 11.5 Å². The summed E-state index contributed by atoms with van der Waals surface area (Å²) in [5, 5.41) is 31.0. The second kappa shape index (κ2) is 10.5. The van der Waals surface area contributed by atoms with Crippen molar-refractivity contribution in [2.75, 3.05) is 19.8 Å². The van der Waals surface area contributed by atoms with E-state index in [1.54, 1.807) is 6.07 Å². The highest BCUT2D eigenvalue weighted by atomic mass is 32.2. The Morgan fingerprint density at radius 1 is 1.18 bits per heavy atom. The van der Waals surface area contributed by atoms with E-state index in [-0.39, 0.29) is 48.3 Å². The molecular weight excluding hydrogens is 454 g/mol. The first kappa shape index (κ1) is 24.9. The smallest absolute Gasteiger partial charge is 0.294 e. The van der Waals surface area contributed by atoms with Crippen LogP contribution >= 0.6 is 0 Å². The summed E-state index contributed by atoms with van der Waals surface area (Å²) in [6, 6.07) is 6.15. The summed E-state index contributed by atoms with van der Waals surface area (Å²) < 4.78 is 44.3. The Labute approximate surface area is 191 Å². The topological polar surface area (TPSA) is 156 Å². The van der Waals surface area contributed by atoms with E-state index in [4.69, 9.17) is 9.47 Å². The minimum Gasteiger partial charge on any atom is -0.504 e. The van der Waals surface area contributed by atoms with E-state index in [1.807, 2.05) is 0 Å². The van der Waals surface area contributed by atoms with Crippen molar-refractivity contribution in [2.24, 2.45) is 0 Å². The molecule has 10 nitrogen and oxygen atoms in total. The minimum atomic E-state index is -4.55. The van der Waals surface area contributed by atoms with E-state index in [0.29, 0.717) is 6.61 Å². The lowest BCUT2D eigenvalue weighted by Crippen LogP contribution is -2.14. The molecule has 3 N–H and O–H groups in total. The number of non-ortho nitro benzene ring substituents is 1. The Bertz CT molecular complexity index is 1120. The second-order valence-electron chi connectivity index (χ2n) is 7.95. The molecule has 0 aliphatic carbocycles. The van der Waals surface area contributed by atoms with E-state index >= 15 is 0 Å². The Hall–Kier alpha value is -2.73. The van der Waals surface area contributed by atoms with Crippen LogP contribution in [0.4, 0.5) is 5.69 Å². The molecule has 33 heavy (non-hydrogen) atoms. The molecule has 1 aliphatic heterocycles. The van der Waals surface area contributed by atoms with Crippen LogP contribution in [0.5, 0.6) is 11.5 Å². The van der Waals surface area contributed by atoms with Gasteiger partial charge in [-0.1, -0.05) is 13.3 Å². The molecule has 11 heteroatoms. The van der Waals surface area contributed by atoms with Crippen LogP contribution < -0.4 is 0 Å². The number of hydrogen-bond donors (Lipinski definition) is 3. The highest BCUT2D eigenvalue weighted by Gasteiger charge is 2.27. The van der Waals surface area contributed by atoms with Crippen molar-refractivity contribution in [3.63, 3.8) is 0 Å². The fourth-order valence-corrected chi connectivity index (χ4v) is 4.86. The largest absolute Gasteiger partial charge is 0.504 e. The SMILES string of the molecule is CCCC1CCOC(COCCc2cc([N+](=O)[O-])ccc2S(=O)(=O)O)c2cc(O)c(O)cc21. The number of fused-ring (bicyclic) bond motifs is 1. The van der Waals surface area contributed by atoms with Gasteiger partial charge < -0.3 is 19.7 Å². The van der Waals surface area contributed by atoms with Crippen LogP contribution in [0.3, 0.4) is 0 Å². The number of phenols is 2. The third-order valence-electron chi connectivity index (χ3n) is 5.71. The standard InChI is InChI=1S/C22H27NO9S/c1-2-3-14-7-9-32-21(18-12-20(25)19(24)11-17(14)18)13-31-8-6-15-10-16(23(26)27)4-5-22(15)33(28,29)30/h4-5,10-12,14,21,24-25H,2-3,6-9,13H2,1H3,(H,28,29,30). The predicted octanol–water partition coefficient (Wildman–Crippen LogP) is 3.86. The number of nitrogens with zero attached hydrogens (tertiary/aromatic N) is 1. The lowest BCUT2D eigenvalue weighted by molar-refractivity contribution is -0.385. The molecule has 1 heterocycles. The quantitative estimate of drug-likeness (QED) is 0.159. The third kappa shape index (κ3) is 5.99. The van der Waals surface area contributed by atoms with Crippen molar-refractivity contribution in [3.05, 3.63) is 57.1 Å². The van der Waals surface area contributed by atoms with Crippen LogP contribution in [-0.4, -0.2) is 47.9 Å². The van der Waals surface area contributed by atoms with Gasteiger partial charge in [-0.05, 0) is 60.1 Å². The molecule has 0 saturated heterocycles. The van der Waals surface area contributed by atoms with E-state index in [9.17, 15) is 33.3 Å². The summed E-state index contributed by atoms with van der Waals surface area (Å²) in [5.74, 6) is -0.280. The fourth-order valence-electron chi connectivity index (χ4n) is 4.12. The molecule has 180 valence electrons. The molecular formula is C22H27NO9S. The molecule has 0 amide bonds. The monoisotopic (exact) mass is 481 g/mol. The zero-order chi connectivity index (χ0) is 24.2. The molecule has 1 aliphatic rings. The Balaban J connectivity index is 1.75. The van der Waals surface area contributed by atoms with E-state index in [0.717, 1.165) is 48.6 Å². The zero-order valence-electron chi connectivity index (χ0n) is 18.1.